The Morgan fingerprint density at radius 2 is 1.89 bits per heavy atom. The third kappa shape index (κ3) is 2.80. The minimum Gasteiger partial charge on any atom is -0.397 e. The number of pyridine rings is 1. The average Bonchev–Trinajstić information content (AvgIpc) is 2.34. The van der Waals surface area contributed by atoms with Crippen LogP contribution in [0.3, 0.4) is 0 Å². The smallest absolute Gasteiger partial charge is 0.126 e. The molecule has 0 unspecified atom stereocenters. The largest absolute Gasteiger partial charge is 0.397 e. The fourth-order valence-electron chi connectivity index (χ4n) is 1.85. The Morgan fingerprint density at radius 1 is 1.11 bits per heavy atom. The highest BCUT2D eigenvalue weighted by Crippen LogP contribution is 2.15. The lowest BCUT2D eigenvalue weighted by Gasteiger charge is -2.10. The number of nitrogen functional groups attached to an aromatic ring is 1. The summed E-state index contributed by atoms with van der Waals surface area (Å²) in [4.78, 5) is 4.40. The lowest BCUT2D eigenvalue weighted by atomic mass is 10.1. The maximum Gasteiger partial charge on any atom is 0.126 e. The highest BCUT2D eigenvalue weighted by Gasteiger charge is 2.01. The van der Waals surface area contributed by atoms with Crippen LogP contribution in [0, 0.1) is 20.8 Å². The van der Waals surface area contributed by atoms with Crippen molar-refractivity contribution in [1.29, 1.82) is 0 Å². The van der Waals surface area contributed by atoms with Crippen molar-refractivity contribution in [3.05, 3.63) is 52.7 Å². The number of aromatic nitrogens is 1. The summed E-state index contributed by atoms with van der Waals surface area (Å²) in [6.07, 6.45) is 0. The van der Waals surface area contributed by atoms with Crippen LogP contribution in [-0.2, 0) is 6.54 Å². The normalized spacial score (nSPS) is 10.4. The highest BCUT2D eigenvalue weighted by molar-refractivity contribution is 5.49. The van der Waals surface area contributed by atoms with Gasteiger partial charge in [-0.15, -0.1) is 0 Å². The van der Waals surface area contributed by atoms with Crippen LogP contribution in [0.15, 0.2) is 30.3 Å². The van der Waals surface area contributed by atoms with Crippen molar-refractivity contribution >= 4 is 11.5 Å². The number of nitrogens with one attached hydrogen (secondary N) is 1. The molecule has 1 aromatic carbocycles. The van der Waals surface area contributed by atoms with Gasteiger partial charge in [0.05, 0.1) is 11.4 Å². The van der Waals surface area contributed by atoms with Gasteiger partial charge in [-0.3, -0.25) is 0 Å². The third-order valence-electron chi connectivity index (χ3n) is 3.09. The van der Waals surface area contributed by atoms with Crippen molar-refractivity contribution < 1.29 is 0 Å². The minimum absolute atomic E-state index is 0.729. The molecule has 0 fully saturated rings. The summed E-state index contributed by atoms with van der Waals surface area (Å²) in [6.45, 7) is 6.93. The van der Waals surface area contributed by atoms with E-state index in [1.807, 2.05) is 19.1 Å². The van der Waals surface area contributed by atoms with Gasteiger partial charge >= 0.3 is 0 Å². The lowest BCUT2D eigenvalue weighted by molar-refractivity contribution is 1.07. The van der Waals surface area contributed by atoms with Crippen LogP contribution >= 0.6 is 0 Å². The molecule has 0 saturated heterocycles. The summed E-state index contributed by atoms with van der Waals surface area (Å²) < 4.78 is 0. The van der Waals surface area contributed by atoms with Crippen molar-refractivity contribution in [2.45, 2.75) is 27.3 Å². The Hall–Kier alpha value is -2.03. The number of hydrogen-bond donors (Lipinski definition) is 2. The molecule has 1 aromatic heterocycles. The van der Waals surface area contributed by atoms with Crippen molar-refractivity contribution in [3.8, 4) is 0 Å². The van der Waals surface area contributed by atoms with Crippen LogP contribution < -0.4 is 11.1 Å². The van der Waals surface area contributed by atoms with Gasteiger partial charge < -0.3 is 11.1 Å². The molecule has 3 nitrogen and oxygen atoms in total. The van der Waals surface area contributed by atoms with Crippen LogP contribution in [0.5, 0.6) is 0 Å². The minimum atomic E-state index is 0.729. The van der Waals surface area contributed by atoms with Crippen LogP contribution in [-0.4, -0.2) is 4.98 Å². The predicted molar refractivity (Wildman–Crippen MR) is 76.6 cm³/mol. The van der Waals surface area contributed by atoms with Crippen molar-refractivity contribution in [2.24, 2.45) is 0 Å². The van der Waals surface area contributed by atoms with E-state index in [0.29, 0.717) is 0 Å². The van der Waals surface area contributed by atoms with E-state index in [0.717, 1.165) is 23.7 Å². The summed E-state index contributed by atoms with van der Waals surface area (Å²) in [6, 6.07) is 10.3. The fraction of sp³-hybridized carbons (Fsp3) is 0.267. The first-order chi connectivity index (χ1) is 8.56. The van der Waals surface area contributed by atoms with Gasteiger partial charge in [0.2, 0.25) is 0 Å². The van der Waals surface area contributed by atoms with E-state index < -0.39 is 0 Å². The number of nitrogens with zero attached hydrogens (tertiary/aromatic N) is 1. The van der Waals surface area contributed by atoms with E-state index >= 15 is 0 Å². The second-order valence-electron chi connectivity index (χ2n) is 4.65. The van der Waals surface area contributed by atoms with E-state index in [2.05, 4.69) is 42.3 Å². The summed E-state index contributed by atoms with van der Waals surface area (Å²) >= 11 is 0. The second-order valence-corrected chi connectivity index (χ2v) is 4.65. The average molecular weight is 241 g/mol. The maximum atomic E-state index is 5.75. The predicted octanol–water partition coefficient (Wildman–Crippen LogP) is 3.20. The summed E-state index contributed by atoms with van der Waals surface area (Å²) in [5, 5.41) is 3.33. The van der Waals surface area contributed by atoms with Gasteiger partial charge in [-0.05, 0) is 44.0 Å². The molecule has 0 spiro atoms. The zero-order chi connectivity index (χ0) is 13.1. The number of nitrogens with two attached hydrogens (primary N) is 1. The molecule has 1 heterocycles. The first-order valence-electron chi connectivity index (χ1n) is 6.09. The van der Waals surface area contributed by atoms with E-state index in [4.69, 9.17) is 5.73 Å². The lowest BCUT2D eigenvalue weighted by Crippen LogP contribution is -2.04. The molecular weight excluding hydrogens is 222 g/mol. The zero-order valence-corrected chi connectivity index (χ0v) is 11.1. The molecule has 0 amide bonds. The van der Waals surface area contributed by atoms with Gasteiger partial charge in [0.25, 0.3) is 0 Å². The van der Waals surface area contributed by atoms with Crippen molar-refractivity contribution in [2.75, 3.05) is 11.1 Å². The second kappa shape index (κ2) is 5.08. The van der Waals surface area contributed by atoms with E-state index in [-0.39, 0.29) is 0 Å². The van der Waals surface area contributed by atoms with Crippen LogP contribution in [0.25, 0.3) is 0 Å². The molecule has 0 atom stereocenters. The quantitative estimate of drug-likeness (QED) is 0.867. The third-order valence-corrected chi connectivity index (χ3v) is 3.09. The van der Waals surface area contributed by atoms with Gasteiger partial charge in [0.15, 0.2) is 0 Å². The molecule has 3 N–H and O–H groups in total. The summed E-state index contributed by atoms with van der Waals surface area (Å²) in [7, 11) is 0. The Kier molecular flexibility index (Phi) is 3.51. The molecule has 2 rings (SSSR count). The summed E-state index contributed by atoms with van der Waals surface area (Å²) in [5.74, 6) is 0.864. The number of hydrogen-bond acceptors (Lipinski definition) is 3. The van der Waals surface area contributed by atoms with Crippen molar-refractivity contribution in [3.63, 3.8) is 0 Å². The highest BCUT2D eigenvalue weighted by atomic mass is 15.0. The van der Waals surface area contributed by atoms with Crippen molar-refractivity contribution in [1.82, 2.24) is 4.98 Å². The van der Waals surface area contributed by atoms with E-state index in [9.17, 15) is 0 Å². The van der Waals surface area contributed by atoms with Gasteiger partial charge in [-0.2, -0.15) is 0 Å². The van der Waals surface area contributed by atoms with Gasteiger partial charge in [0, 0.05) is 6.54 Å². The number of benzene rings is 1. The SMILES string of the molecule is Cc1ccc(C)c(CNc2ccc(N)c(C)n2)c1. The molecule has 3 heteroatoms. The van der Waals surface area contributed by atoms with Crippen LogP contribution in [0.4, 0.5) is 11.5 Å². The number of anilines is 2. The molecule has 0 aliphatic carbocycles. The Labute approximate surface area is 108 Å². The molecule has 0 radical (unpaired) electrons. The van der Waals surface area contributed by atoms with E-state index in [1.165, 1.54) is 16.7 Å². The van der Waals surface area contributed by atoms with Gasteiger partial charge in [-0.25, -0.2) is 4.98 Å². The molecule has 18 heavy (non-hydrogen) atoms. The number of aryl methyl sites for hydroxylation is 3. The molecule has 0 aliphatic rings. The molecule has 94 valence electrons. The number of rotatable bonds is 3. The zero-order valence-electron chi connectivity index (χ0n) is 11.1. The Balaban J connectivity index is 2.11. The summed E-state index contributed by atoms with van der Waals surface area (Å²) in [5.41, 5.74) is 11.2. The van der Waals surface area contributed by atoms with Gasteiger partial charge in [0.1, 0.15) is 5.82 Å². The molecular formula is C15H19N3. The molecule has 0 bridgehead atoms. The molecule has 0 aliphatic heterocycles. The first kappa shape index (κ1) is 12.4. The Bertz CT molecular complexity index is 562. The van der Waals surface area contributed by atoms with Crippen LogP contribution in [0.1, 0.15) is 22.4 Å². The topological polar surface area (TPSA) is 50.9 Å². The van der Waals surface area contributed by atoms with Crippen LogP contribution in [0.2, 0.25) is 0 Å². The first-order valence-corrected chi connectivity index (χ1v) is 6.09. The maximum absolute atomic E-state index is 5.75. The monoisotopic (exact) mass is 241 g/mol. The van der Waals surface area contributed by atoms with Gasteiger partial charge in [-0.1, -0.05) is 23.8 Å². The Morgan fingerprint density at radius 3 is 2.61 bits per heavy atom. The molecule has 0 saturated carbocycles. The standard InChI is InChI=1S/C15H19N3/c1-10-4-5-11(2)13(8-10)9-17-15-7-6-14(16)12(3)18-15/h4-8H,9,16H2,1-3H3,(H,17,18). The fourth-order valence-corrected chi connectivity index (χ4v) is 1.85. The van der Waals surface area contributed by atoms with E-state index in [1.54, 1.807) is 0 Å². The molecule has 2 aromatic rings.